The Morgan fingerprint density at radius 2 is 2.06 bits per heavy atom. The van der Waals surface area contributed by atoms with Gasteiger partial charge in [0.25, 0.3) is 0 Å². The highest BCUT2D eigenvalue weighted by molar-refractivity contribution is 7.88. The Morgan fingerprint density at radius 1 is 1.39 bits per heavy atom. The molecule has 0 bridgehead atoms. The molecule has 6 nitrogen and oxygen atoms in total. The van der Waals surface area contributed by atoms with Crippen molar-refractivity contribution in [3.8, 4) is 0 Å². The summed E-state index contributed by atoms with van der Waals surface area (Å²) < 4.78 is 24.0. The molecule has 1 saturated heterocycles. The first-order valence-corrected chi connectivity index (χ1v) is 8.07. The molecule has 0 saturated carbocycles. The van der Waals surface area contributed by atoms with Crippen molar-refractivity contribution in [1.82, 2.24) is 15.4 Å². The van der Waals surface area contributed by atoms with Gasteiger partial charge in [0.2, 0.25) is 15.9 Å². The number of sulfonamides is 1. The van der Waals surface area contributed by atoms with E-state index >= 15 is 0 Å². The molecule has 1 fully saturated rings. The monoisotopic (exact) mass is 277 g/mol. The van der Waals surface area contributed by atoms with Crippen molar-refractivity contribution in [2.75, 3.05) is 25.9 Å². The van der Waals surface area contributed by atoms with Gasteiger partial charge in [-0.25, -0.2) is 13.1 Å². The van der Waals surface area contributed by atoms with E-state index < -0.39 is 10.0 Å². The molecule has 0 aromatic carbocycles. The minimum absolute atomic E-state index is 0.0602. The van der Waals surface area contributed by atoms with Gasteiger partial charge in [0, 0.05) is 13.1 Å². The average Bonchev–Trinajstić information content (AvgIpc) is 2.22. The van der Waals surface area contributed by atoms with Gasteiger partial charge in [0.15, 0.2) is 0 Å². The second-order valence-electron chi connectivity index (χ2n) is 5.44. The lowest BCUT2D eigenvalue weighted by Gasteiger charge is -2.38. The molecule has 106 valence electrons. The maximum Gasteiger partial charge on any atom is 0.237 e. The molecule has 3 N–H and O–H groups in total. The van der Waals surface area contributed by atoms with Crippen LogP contribution in [0.1, 0.15) is 26.7 Å². The summed E-state index contributed by atoms with van der Waals surface area (Å²) in [5.74, 6) is -0.0602. The minimum atomic E-state index is -3.19. The number of carbonyl (C=O) groups excluding carboxylic acids is 1. The lowest BCUT2D eigenvalue weighted by molar-refractivity contribution is -0.126. The smallest absolute Gasteiger partial charge is 0.237 e. The van der Waals surface area contributed by atoms with Crippen LogP contribution in [0.25, 0.3) is 0 Å². The first kappa shape index (κ1) is 15.4. The molecule has 1 heterocycles. The first-order valence-electron chi connectivity index (χ1n) is 6.18. The minimum Gasteiger partial charge on any atom is -0.353 e. The lowest BCUT2D eigenvalue weighted by atomic mass is 9.77. The molecule has 1 aliphatic rings. The predicted molar refractivity (Wildman–Crippen MR) is 70.7 cm³/mol. The molecule has 1 aliphatic heterocycles. The Labute approximate surface area is 109 Å². The van der Waals surface area contributed by atoms with Gasteiger partial charge in [0.1, 0.15) is 0 Å². The normalized spacial score (nSPS) is 23.6. The fourth-order valence-electron chi connectivity index (χ4n) is 2.18. The number of piperidine rings is 1. The van der Waals surface area contributed by atoms with Gasteiger partial charge in [-0.2, -0.15) is 0 Å². The Hall–Kier alpha value is -0.660. The van der Waals surface area contributed by atoms with E-state index in [0.717, 1.165) is 25.6 Å². The van der Waals surface area contributed by atoms with Crippen LogP contribution in [-0.2, 0) is 14.8 Å². The molecule has 0 spiro atoms. The standard InChI is InChI=1S/C11H23N3O3S/c1-11(2)5-4-6-12-9(11)10(15)13-7-8-14-18(3,16)17/h9,12,14H,4-8H2,1-3H3,(H,13,15). The van der Waals surface area contributed by atoms with Gasteiger partial charge in [-0.1, -0.05) is 13.8 Å². The molecular weight excluding hydrogens is 254 g/mol. The van der Waals surface area contributed by atoms with E-state index in [9.17, 15) is 13.2 Å². The van der Waals surface area contributed by atoms with Gasteiger partial charge in [-0.15, -0.1) is 0 Å². The van der Waals surface area contributed by atoms with Crippen molar-refractivity contribution in [3.63, 3.8) is 0 Å². The number of nitrogens with one attached hydrogen (secondary N) is 3. The summed E-state index contributed by atoms with van der Waals surface area (Å²) in [6.45, 7) is 5.51. The summed E-state index contributed by atoms with van der Waals surface area (Å²) in [4.78, 5) is 12.0. The van der Waals surface area contributed by atoms with Crippen LogP contribution >= 0.6 is 0 Å². The van der Waals surface area contributed by atoms with Gasteiger partial charge < -0.3 is 10.6 Å². The molecule has 7 heteroatoms. The van der Waals surface area contributed by atoms with Crippen LogP contribution in [0.15, 0.2) is 0 Å². The van der Waals surface area contributed by atoms with Gasteiger partial charge >= 0.3 is 0 Å². The number of amides is 1. The van der Waals surface area contributed by atoms with Crippen molar-refractivity contribution in [3.05, 3.63) is 0 Å². The first-order chi connectivity index (χ1) is 8.22. The quantitative estimate of drug-likeness (QED) is 0.587. The van der Waals surface area contributed by atoms with Crippen LogP contribution in [0.4, 0.5) is 0 Å². The Balaban J connectivity index is 2.36. The van der Waals surface area contributed by atoms with Crippen molar-refractivity contribution in [2.45, 2.75) is 32.7 Å². The molecule has 1 atom stereocenters. The molecule has 0 radical (unpaired) electrons. The summed E-state index contributed by atoms with van der Waals surface area (Å²) in [5, 5.41) is 5.97. The second-order valence-corrected chi connectivity index (χ2v) is 7.27. The zero-order valence-electron chi connectivity index (χ0n) is 11.2. The van der Waals surface area contributed by atoms with E-state index in [1.807, 2.05) is 0 Å². The fourth-order valence-corrected chi connectivity index (χ4v) is 2.66. The molecule has 0 aromatic rings. The lowest BCUT2D eigenvalue weighted by Crippen LogP contribution is -2.56. The highest BCUT2D eigenvalue weighted by atomic mass is 32.2. The van der Waals surface area contributed by atoms with E-state index in [4.69, 9.17) is 0 Å². The molecular formula is C11H23N3O3S. The van der Waals surface area contributed by atoms with Crippen LogP contribution in [-0.4, -0.2) is 46.3 Å². The van der Waals surface area contributed by atoms with Crippen LogP contribution in [0.3, 0.4) is 0 Å². The van der Waals surface area contributed by atoms with Crippen LogP contribution in [0.2, 0.25) is 0 Å². The maximum absolute atomic E-state index is 12.0. The number of hydrogen-bond acceptors (Lipinski definition) is 4. The van der Waals surface area contributed by atoms with E-state index in [1.165, 1.54) is 0 Å². The highest BCUT2D eigenvalue weighted by Crippen LogP contribution is 2.29. The largest absolute Gasteiger partial charge is 0.353 e. The maximum atomic E-state index is 12.0. The zero-order chi connectivity index (χ0) is 13.8. The zero-order valence-corrected chi connectivity index (χ0v) is 12.1. The van der Waals surface area contributed by atoms with E-state index in [1.54, 1.807) is 0 Å². The predicted octanol–water partition coefficient (Wildman–Crippen LogP) is -0.570. The third kappa shape index (κ3) is 4.91. The van der Waals surface area contributed by atoms with E-state index in [0.29, 0.717) is 6.54 Å². The Morgan fingerprint density at radius 3 is 2.61 bits per heavy atom. The summed E-state index contributed by atoms with van der Waals surface area (Å²) in [7, 11) is -3.19. The number of rotatable bonds is 5. The average molecular weight is 277 g/mol. The summed E-state index contributed by atoms with van der Waals surface area (Å²) in [5.41, 5.74) is -0.0629. The van der Waals surface area contributed by atoms with Gasteiger partial charge in [0.05, 0.1) is 12.3 Å². The summed E-state index contributed by atoms with van der Waals surface area (Å²) in [6, 6.07) is -0.204. The van der Waals surface area contributed by atoms with Gasteiger partial charge in [-0.3, -0.25) is 4.79 Å². The molecule has 18 heavy (non-hydrogen) atoms. The number of carbonyl (C=O) groups is 1. The highest BCUT2D eigenvalue weighted by Gasteiger charge is 2.36. The topological polar surface area (TPSA) is 87.3 Å². The van der Waals surface area contributed by atoms with Crippen molar-refractivity contribution < 1.29 is 13.2 Å². The second kappa shape index (κ2) is 5.99. The fraction of sp³-hybridized carbons (Fsp3) is 0.909. The molecule has 1 amide bonds. The molecule has 0 aromatic heterocycles. The molecule has 1 rings (SSSR count). The number of hydrogen-bond donors (Lipinski definition) is 3. The summed E-state index contributed by atoms with van der Waals surface area (Å²) >= 11 is 0. The van der Waals surface area contributed by atoms with Crippen molar-refractivity contribution in [2.24, 2.45) is 5.41 Å². The van der Waals surface area contributed by atoms with E-state index in [-0.39, 0.29) is 23.9 Å². The van der Waals surface area contributed by atoms with Crippen molar-refractivity contribution >= 4 is 15.9 Å². The van der Waals surface area contributed by atoms with Crippen LogP contribution < -0.4 is 15.4 Å². The SMILES string of the molecule is CC1(C)CCCNC1C(=O)NCCNS(C)(=O)=O. The van der Waals surface area contributed by atoms with Crippen molar-refractivity contribution in [1.29, 1.82) is 0 Å². The molecule has 1 unspecified atom stereocenters. The third-order valence-electron chi connectivity index (χ3n) is 3.18. The van der Waals surface area contributed by atoms with E-state index in [2.05, 4.69) is 29.2 Å². The van der Waals surface area contributed by atoms with Crippen LogP contribution in [0.5, 0.6) is 0 Å². The molecule has 0 aliphatic carbocycles. The summed E-state index contributed by atoms with van der Waals surface area (Å²) in [6.07, 6.45) is 3.19. The van der Waals surface area contributed by atoms with Crippen LogP contribution in [0, 0.1) is 5.41 Å². The Kier molecular flexibility index (Phi) is 5.12. The Bertz CT molecular complexity index is 392. The van der Waals surface area contributed by atoms with Gasteiger partial charge in [-0.05, 0) is 24.8 Å². The third-order valence-corrected chi connectivity index (χ3v) is 3.91.